The monoisotopic (exact) mass is 589 g/mol. The molecule has 0 N–H and O–H groups in total. The third-order valence-electron chi connectivity index (χ3n) is 10.7. The summed E-state index contributed by atoms with van der Waals surface area (Å²) in [5.74, 6) is 1.46. The van der Waals surface area contributed by atoms with Crippen molar-refractivity contribution in [1.29, 1.82) is 0 Å². The Morgan fingerprint density at radius 1 is 0.795 bits per heavy atom. The molecule has 0 amide bonds. The van der Waals surface area contributed by atoms with Crippen LogP contribution in [-0.2, 0) is 0 Å². The maximum atomic E-state index is 2.75. The zero-order chi connectivity index (χ0) is 29.0. The molecule has 1 saturated heterocycles. The first kappa shape index (κ1) is 26.6. The Kier molecular flexibility index (Phi) is 6.66. The first-order valence-corrected chi connectivity index (χ1v) is 17.6. The second-order valence-corrected chi connectivity index (χ2v) is 14.6. The molecular weight excluding hydrogens is 551 g/mol. The zero-order valence-corrected chi connectivity index (χ0v) is 26.0. The van der Waals surface area contributed by atoms with E-state index >= 15 is 0 Å². The van der Waals surface area contributed by atoms with Gasteiger partial charge in [0.25, 0.3) is 0 Å². The van der Waals surface area contributed by atoms with Gasteiger partial charge in [-0.1, -0.05) is 121 Å². The minimum Gasteiger partial charge on any atom is -0.357 e. The van der Waals surface area contributed by atoms with Crippen LogP contribution in [0.3, 0.4) is 0 Å². The van der Waals surface area contributed by atoms with Crippen molar-refractivity contribution in [3.63, 3.8) is 0 Å². The lowest BCUT2D eigenvalue weighted by molar-refractivity contribution is 0.616. The highest BCUT2D eigenvalue weighted by Crippen LogP contribution is 2.54. The number of nitrogens with zero attached hydrogens (tertiary/aromatic N) is 1. The summed E-state index contributed by atoms with van der Waals surface area (Å²) in [6.07, 6.45) is 38.5. The Bertz CT molecular complexity index is 1770. The van der Waals surface area contributed by atoms with E-state index in [1.807, 2.05) is 0 Å². The maximum Gasteiger partial charge on any atom is 0.0586 e. The van der Waals surface area contributed by atoms with E-state index in [-0.39, 0.29) is 0 Å². The van der Waals surface area contributed by atoms with E-state index in [0.717, 1.165) is 30.9 Å². The van der Waals surface area contributed by atoms with Crippen molar-refractivity contribution in [3.8, 4) is 0 Å². The Morgan fingerprint density at radius 3 is 2.64 bits per heavy atom. The van der Waals surface area contributed by atoms with Crippen molar-refractivity contribution in [2.75, 3.05) is 4.90 Å². The van der Waals surface area contributed by atoms with Crippen molar-refractivity contribution in [2.45, 2.75) is 67.7 Å². The molecule has 9 rings (SSSR count). The molecule has 44 heavy (non-hydrogen) atoms. The molecule has 6 atom stereocenters. The van der Waals surface area contributed by atoms with Gasteiger partial charge in [-0.3, -0.25) is 0 Å². The fourth-order valence-corrected chi connectivity index (χ4v) is 10.1. The molecule has 1 fully saturated rings. The quantitative estimate of drug-likeness (QED) is 0.326. The highest BCUT2D eigenvalue weighted by molar-refractivity contribution is 8.04. The number of fused-ring (bicyclic) bond motifs is 6. The van der Waals surface area contributed by atoms with Crippen LogP contribution in [0.15, 0.2) is 149 Å². The summed E-state index contributed by atoms with van der Waals surface area (Å²) < 4.78 is 0. The van der Waals surface area contributed by atoms with E-state index in [0.29, 0.717) is 29.8 Å². The third kappa shape index (κ3) is 4.53. The number of hydrogen-bond donors (Lipinski definition) is 0. The maximum absolute atomic E-state index is 2.75. The van der Waals surface area contributed by atoms with Gasteiger partial charge in [0.2, 0.25) is 0 Å². The summed E-state index contributed by atoms with van der Waals surface area (Å²) in [6, 6.07) is 19.1. The van der Waals surface area contributed by atoms with Gasteiger partial charge in [0.05, 0.1) is 12.1 Å². The van der Waals surface area contributed by atoms with Crippen molar-refractivity contribution < 1.29 is 0 Å². The highest BCUT2D eigenvalue weighted by Gasteiger charge is 2.41. The summed E-state index contributed by atoms with van der Waals surface area (Å²) >= 11 is 2.14. The summed E-state index contributed by atoms with van der Waals surface area (Å²) in [5, 5.41) is 0.743. The molecule has 5 aliphatic carbocycles. The van der Waals surface area contributed by atoms with Crippen LogP contribution in [0.25, 0.3) is 5.57 Å². The van der Waals surface area contributed by atoms with Crippen LogP contribution < -0.4 is 4.90 Å². The molecule has 5 unspecified atom stereocenters. The summed E-state index contributed by atoms with van der Waals surface area (Å²) in [7, 11) is 0. The van der Waals surface area contributed by atoms with Gasteiger partial charge in [0.1, 0.15) is 0 Å². The van der Waals surface area contributed by atoms with Gasteiger partial charge >= 0.3 is 0 Å². The summed E-state index contributed by atoms with van der Waals surface area (Å²) in [4.78, 5) is 4.30. The molecule has 7 aliphatic rings. The predicted molar refractivity (Wildman–Crippen MR) is 188 cm³/mol. The van der Waals surface area contributed by atoms with E-state index in [9.17, 15) is 0 Å². The zero-order valence-electron chi connectivity index (χ0n) is 25.2. The van der Waals surface area contributed by atoms with Crippen LogP contribution >= 0.6 is 11.8 Å². The molecule has 218 valence electrons. The van der Waals surface area contributed by atoms with Crippen molar-refractivity contribution in [3.05, 3.63) is 166 Å². The van der Waals surface area contributed by atoms with Crippen LogP contribution in [0, 0.1) is 5.92 Å². The average Bonchev–Trinajstić information content (AvgIpc) is 3.64. The summed E-state index contributed by atoms with van der Waals surface area (Å²) in [5.41, 5.74) is 11.5. The normalized spacial score (nSPS) is 31.3. The topological polar surface area (TPSA) is 3.24 Å². The lowest BCUT2D eigenvalue weighted by Gasteiger charge is -2.37. The predicted octanol–water partition coefficient (Wildman–Crippen LogP) is 10.5. The number of allylic oxidation sites excluding steroid dienone is 13. The minimum atomic E-state index is 0.296. The molecule has 1 nitrogen and oxygen atoms in total. The average molecular weight is 590 g/mol. The second kappa shape index (κ2) is 11.0. The Morgan fingerprint density at radius 2 is 1.73 bits per heavy atom. The lowest BCUT2D eigenvalue weighted by atomic mass is 9.81. The molecule has 0 radical (unpaired) electrons. The molecule has 2 aromatic carbocycles. The van der Waals surface area contributed by atoms with Gasteiger partial charge in [-0.15, -0.1) is 11.8 Å². The van der Waals surface area contributed by atoms with Crippen molar-refractivity contribution in [1.82, 2.24) is 0 Å². The van der Waals surface area contributed by atoms with E-state index in [2.05, 4.69) is 144 Å². The van der Waals surface area contributed by atoms with E-state index in [4.69, 9.17) is 0 Å². The van der Waals surface area contributed by atoms with Crippen LogP contribution in [-0.4, -0.2) is 17.3 Å². The first-order valence-electron chi connectivity index (χ1n) is 16.7. The van der Waals surface area contributed by atoms with E-state index < -0.39 is 0 Å². The van der Waals surface area contributed by atoms with E-state index in [1.54, 1.807) is 10.5 Å². The number of anilines is 1. The van der Waals surface area contributed by atoms with Gasteiger partial charge in [-0.05, 0) is 83.6 Å². The van der Waals surface area contributed by atoms with Crippen molar-refractivity contribution >= 4 is 23.0 Å². The number of thioether (sulfide) groups is 1. The second-order valence-electron chi connectivity index (χ2n) is 13.3. The van der Waals surface area contributed by atoms with Gasteiger partial charge < -0.3 is 4.90 Å². The number of hydrogen-bond acceptors (Lipinski definition) is 2. The van der Waals surface area contributed by atoms with Crippen LogP contribution in [0.4, 0.5) is 5.69 Å². The molecule has 2 heterocycles. The number of benzene rings is 2. The highest BCUT2D eigenvalue weighted by atomic mass is 32.2. The molecular formula is C42H39NS. The molecule has 0 aromatic heterocycles. The molecule has 0 saturated carbocycles. The van der Waals surface area contributed by atoms with Crippen LogP contribution in [0.2, 0.25) is 0 Å². The van der Waals surface area contributed by atoms with Gasteiger partial charge in [0, 0.05) is 33.6 Å². The Balaban J connectivity index is 1.09. The molecule has 2 aromatic rings. The third-order valence-corrected chi connectivity index (χ3v) is 12.2. The minimum absolute atomic E-state index is 0.296. The van der Waals surface area contributed by atoms with Crippen LogP contribution in [0.1, 0.15) is 67.1 Å². The largest absolute Gasteiger partial charge is 0.357 e. The van der Waals surface area contributed by atoms with Crippen molar-refractivity contribution in [2.24, 2.45) is 5.92 Å². The van der Waals surface area contributed by atoms with E-state index in [1.165, 1.54) is 51.9 Å². The SMILES string of the molecule is C1=CC2c3cc(C4C=C5C(=CC4)SC4CCC=CC54)ccc3N(C3C=C(C4=CCCC=C4)C=C(c4ccccc4)C3)[C@@H]2C=C1. The molecule has 0 spiro atoms. The summed E-state index contributed by atoms with van der Waals surface area (Å²) in [6.45, 7) is 0. The fourth-order valence-electron chi connectivity index (χ4n) is 8.59. The lowest BCUT2D eigenvalue weighted by Crippen LogP contribution is -2.41. The van der Waals surface area contributed by atoms with Gasteiger partial charge in [-0.2, -0.15) is 0 Å². The molecule has 2 heteroatoms. The smallest absolute Gasteiger partial charge is 0.0586 e. The Labute approximate surface area is 266 Å². The fraction of sp³-hybridized carbons (Fsp3) is 0.286. The standard InChI is InChI=1S/C42H39NS/c1-3-11-28(12-4-1)32-23-33(29-13-5-2-6-14-29)25-34(24-32)43-39-17-9-7-15-35(39)37-26-30(19-21-40(37)43)31-20-22-42-38(27-31)36-16-8-10-18-41(36)44-42/h1,3-5,7-9,11-17,19,21-23,25-27,31,34-36,39,41H,2,6,10,18,20,24H2/t31?,34?,35?,36?,39-,41?/m1/s1. The molecule has 2 aliphatic heterocycles. The van der Waals surface area contributed by atoms with Gasteiger partial charge in [-0.25, -0.2) is 0 Å². The first-order chi connectivity index (χ1) is 21.8. The molecule has 0 bridgehead atoms. The Hall–Kier alpha value is -3.75. The van der Waals surface area contributed by atoms with Gasteiger partial charge in [0.15, 0.2) is 0 Å². The van der Waals surface area contributed by atoms with Crippen LogP contribution in [0.5, 0.6) is 0 Å². The number of rotatable bonds is 4.